The van der Waals surface area contributed by atoms with Crippen LogP contribution >= 0.6 is 0 Å². The number of aryl methyl sites for hydroxylation is 2. The quantitative estimate of drug-likeness (QED) is 0.942. The molecule has 110 valence electrons. The van der Waals surface area contributed by atoms with Gasteiger partial charge in [0.2, 0.25) is 0 Å². The van der Waals surface area contributed by atoms with Crippen LogP contribution in [0.3, 0.4) is 0 Å². The van der Waals surface area contributed by atoms with Gasteiger partial charge in [-0.3, -0.25) is 0 Å². The van der Waals surface area contributed by atoms with Crippen molar-refractivity contribution in [3.05, 3.63) is 59.2 Å². The third-order valence-electron chi connectivity index (χ3n) is 2.82. The molecule has 0 bridgehead atoms. The number of carboxylic acid groups (broad SMARTS) is 1. The van der Waals surface area contributed by atoms with E-state index in [1.165, 1.54) is 0 Å². The van der Waals surface area contributed by atoms with Crippen molar-refractivity contribution in [1.82, 2.24) is 9.97 Å². The fraction of sp³-hybridized carbons (Fsp3) is 0.214. The Hall–Kier alpha value is -2.44. The summed E-state index contributed by atoms with van der Waals surface area (Å²) >= 11 is 0. The molecule has 0 fully saturated rings. The number of benzene rings is 1. The number of aromatic nitrogens is 2. The lowest BCUT2D eigenvalue weighted by molar-refractivity contribution is -0.141. The lowest BCUT2D eigenvalue weighted by Crippen LogP contribution is -2.18. The molecule has 1 N–H and O–H groups in total. The summed E-state index contributed by atoms with van der Waals surface area (Å²) in [4.78, 5) is 17.8. The molecule has 1 aromatic heterocycles. The van der Waals surface area contributed by atoms with E-state index in [1.54, 1.807) is 0 Å². The first kappa shape index (κ1) is 15.0. The molecule has 21 heavy (non-hydrogen) atoms. The molecule has 0 atom stereocenters. The molecular formula is C14H11F3N2O2. The van der Waals surface area contributed by atoms with E-state index in [0.717, 1.165) is 5.56 Å². The molecule has 0 aliphatic heterocycles. The number of alkyl halides is 3. The fourth-order valence-electron chi connectivity index (χ4n) is 1.81. The van der Waals surface area contributed by atoms with Gasteiger partial charge >= 0.3 is 12.1 Å². The molecule has 7 heteroatoms. The molecule has 0 unspecified atom stereocenters. The van der Waals surface area contributed by atoms with Crippen LogP contribution in [0.15, 0.2) is 36.5 Å². The van der Waals surface area contributed by atoms with E-state index >= 15 is 0 Å². The number of carboxylic acids is 1. The molecule has 0 saturated heterocycles. The Balaban J connectivity index is 2.24. The van der Waals surface area contributed by atoms with Crippen LogP contribution in [0.2, 0.25) is 0 Å². The Morgan fingerprint density at radius 3 is 2.38 bits per heavy atom. The second kappa shape index (κ2) is 5.90. The third kappa shape index (κ3) is 3.77. The van der Waals surface area contributed by atoms with Crippen molar-refractivity contribution >= 4 is 5.97 Å². The van der Waals surface area contributed by atoms with Crippen molar-refractivity contribution in [3.8, 4) is 0 Å². The molecule has 0 radical (unpaired) electrons. The van der Waals surface area contributed by atoms with E-state index in [1.807, 2.05) is 30.3 Å². The van der Waals surface area contributed by atoms with Crippen molar-refractivity contribution in [2.45, 2.75) is 19.0 Å². The zero-order valence-electron chi connectivity index (χ0n) is 10.8. The SMILES string of the molecule is O=C(O)c1cnc(CCc2ccccc2)nc1C(F)(F)F. The summed E-state index contributed by atoms with van der Waals surface area (Å²) < 4.78 is 38.4. The van der Waals surface area contributed by atoms with E-state index in [2.05, 4.69) is 9.97 Å². The molecule has 0 saturated carbocycles. The maximum Gasteiger partial charge on any atom is 0.434 e. The topological polar surface area (TPSA) is 63.1 Å². The second-order valence-corrected chi connectivity index (χ2v) is 4.34. The number of halogens is 3. The summed E-state index contributed by atoms with van der Waals surface area (Å²) in [5, 5.41) is 8.75. The predicted molar refractivity (Wildman–Crippen MR) is 67.8 cm³/mol. The first-order valence-electron chi connectivity index (χ1n) is 6.08. The molecule has 2 aromatic rings. The zero-order chi connectivity index (χ0) is 15.5. The monoisotopic (exact) mass is 296 g/mol. The summed E-state index contributed by atoms with van der Waals surface area (Å²) in [7, 11) is 0. The molecule has 4 nitrogen and oxygen atoms in total. The van der Waals surface area contributed by atoms with Crippen LogP contribution in [-0.2, 0) is 19.0 Å². The number of hydrogen-bond donors (Lipinski definition) is 1. The molecule has 0 amide bonds. The standard InChI is InChI=1S/C14H11F3N2O2/c15-14(16,17)12-10(13(20)21)8-18-11(19-12)7-6-9-4-2-1-3-5-9/h1-5,8H,6-7H2,(H,20,21). The highest BCUT2D eigenvalue weighted by atomic mass is 19.4. The van der Waals surface area contributed by atoms with Gasteiger partial charge in [-0.1, -0.05) is 30.3 Å². The number of carbonyl (C=O) groups is 1. The summed E-state index contributed by atoms with van der Waals surface area (Å²) in [5.74, 6) is -1.73. The van der Waals surface area contributed by atoms with Crippen LogP contribution in [0.4, 0.5) is 13.2 Å². The van der Waals surface area contributed by atoms with E-state index in [4.69, 9.17) is 5.11 Å². The van der Waals surface area contributed by atoms with Gasteiger partial charge in [0.1, 0.15) is 11.4 Å². The highest BCUT2D eigenvalue weighted by molar-refractivity contribution is 5.88. The lowest BCUT2D eigenvalue weighted by Gasteiger charge is -2.10. The fourth-order valence-corrected chi connectivity index (χ4v) is 1.81. The van der Waals surface area contributed by atoms with E-state index in [-0.39, 0.29) is 12.2 Å². The minimum absolute atomic E-state index is 0.0313. The summed E-state index contributed by atoms with van der Waals surface area (Å²) in [6, 6.07) is 9.17. The maximum atomic E-state index is 12.8. The molecule has 2 rings (SSSR count). The highest BCUT2D eigenvalue weighted by Crippen LogP contribution is 2.30. The highest BCUT2D eigenvalue weighted by Gasteiger charge is 2.38. The smallest absolute Gasteiger partial charge is 0.434 e. The van der Waals surface area contributed by atoms with Gasteiger partial charge in [0.25, 0.3) is 0 Å². The van der Waals surface area contributed by atoms with E-state index < -0.39 is 23.4 Å². The first-order chi connectivity index (χ1) is 9.88. The number of hydrogen-bond acceptors (Lipinski definition) is 3. The molecular weight excluding hydrogens is 285 g/mol. The van der Waals surface area contributed by atoms with Gasteiger partial charge in [0, 0.05) is 12.6 Å². The molecule has 1 aromatic carbocycles. The van der Waals surface area contributed by atoms with Gasteiger partial charge in [0.15, 0.2) is 5.69 Å². The minimum atomic E-state index is -4.82. The Labute approximate surface area is 118 Å². The largest absolute Gasteiger partial charge is 0.478 e. The molecule has 1 heterocycles. The van der Waals surface area contributed by atoms with Gasteiger partial charge < -0.3 is 5.11 Å². The summed E-state index contributed by atoms with van der Waals surface area (Å²) in [5.41, 5.74) is -1.41. The van der Waals surface area contributed by atoms with Crippen LogP contribution in [0.5, 0.6) is 0 Å². The average Bonchev–Trinajstić information content (AvgIpc) is 2.45. The Morgan fingerprint density at radius 2 is 1.81 bits per heavy atom. The van der Waals surface area contributed by atoms with Crippen LogP contribution < -0.4 is 0 Å². The molecule has 0 spiro atoms. The lowest BCUT2D eigenvalue weighted by atomic mass is 10.1. The van der Waals surface area contributed by atoms with Crippen LogP contribution in [-0.4, -0.2) is 21.0 Å². The van der Waals surface area contributed by atoms with Gasteiger partial charge in [-0.25, -0.2) is 14.8 Å². The van der Waals surface area contributed by atoms with Crippen molar-refractivity contribution < 1.29 is 23.1 Å². The van der Waals surface area contributed by atoms with Crippen LogP contribution in [0.25, 0.3) is 0 Å². The van der Waals surface area contributed by atoms with Crippen LogP contribution in [0.1, 0.15) is 27.4 Å². The third-order valence-corrected chi connectivity index (χ3v) is 2.82. The van der Waals surface area contributed by atoms with Crippen molar-refractivity contribution in [2.75, 3.05) is 0 Å². The van der Waals surface area contributed by atoms with Gasteiger partial charge in [-0.05, 0) is 12.0 Å². The molecule has 0 aliphatic rings. The molecule has 0 aliphatic carbocycles. The van der Waals surface area contributed by atoms with Crippen molar-refractivity contribution in [2.24, 2.45) is 0 Å². The average molecular weight is 296 g/mol. The normalized spacial score (nSPS) is 11.4. The van der Waals surface area contributed by atoms with Crippen LogP contribution in [0, 0.1) is 0 Å². The first-order valence-corrected chi connectivity index (χ1v) is 6.08. The van der Waals surface area contributed by atoms with Crippen molar-refractivity contribution in [3.63, 3.8) is 0 Å². The zero-order valence-corrected chi connectivity index (χ0v) is 10.8. The number of rotatable bonds is 4. The predicted octanol–water partition coefficient (Wildman–Crippen LogP) is 2.98. The van der Waals surface area contributed by atoms with Gasteiger partial charge in [-0.15, -0.1) is 0 Å². The van der Waals surface area contributed by atoms with E-state index in [9.17, 15) is 18.0 Å². The summed E-state index contributed by atoms with van der Waals surface area (Å²) in [6.45, 7) is 0. The van der Waals surface area contributed by atoms with E-state index in [0.29, 0.717) is 12.6 Å². The number of aromatic carboxylic acids is 1. The van der Waals surface area contributed by atoms with Gasteiger partial charge in [0.05, 0.1) is 0 Å². The van der Waals surface area contributed by atoms with Gasteiger partial charge in [-0.2, -0.15) is 13.2 Å². The number of nitrogens with zero attached hydrogens (tertiary/aromatic N) is 2. The minimum Gasteiger partial charge on any atom is -0.478 e. The Morgan fingerprint density at radius 1 is 1.14 bits per heavy atom. The second-order valence-electron chi connectivity index (χ2n) is 4.34. The Bertz CT molecular complexity index is 642. The Kier molecular flexibility index (Phi) is 4.21. The summed E-state index contributed by atoms with van der Waals surface area (Å²) in [6.07, 6.45) is -3.44. The maximum absolute atomic E-state index is 12.8. The van der Waals surface area contributed by atoms with Crippen molar-refractivity contribution in [1.29, 1.82) is 0 Å².